The van der Waals surface area contributed by atoms with E-state index >= 15 is 0 Å². The van der Waals surface area contributed by atoms with E-state index in [1.165, 1.54) is 61.5 Å². The molecule has 1 unspecified atom stereocenters. The molecule has 12 atom stereocenters. The molecule has 5 rings (SSSR count). The standard InChI is InChI=1S/C67H99N9O13/c1-12-24-50-67(89)76-34-23-29-52(76)62(84)70-51(66(88)75-32-21-16-22-33-75)40-58(81)68-43(6)55(78)30-31-59(82)73(10)53(35-41(3)4)56(79)39-49(42(5)13-2)65(87)72(9)44(7)64(86)74(11)54(37-47-27-19-15-20-28-47)63(85)71-60(45(8)77)57(80)38-48(61(83)69-50)36-46-25-17-14-18-26-46/h14-15,17-20,25-28,41-45,48-54,60,77H,12-13,16,21-24,29-40H2,1-11H3,(H,68,81)(H,69,83)(H,70,84)(H,71,85)/t42?,43-,44-,45+,48+,49-,50-,51-,52-,53-,54-,60-/m0/s1. The van der Waals surface area contributed by atoms with Crippen LogP contribution in [0.3, 0.4) is 0 Å². The minimum Gasteiger partial charge on any atom is -0.391 e. The van der Waals surface area contributed by atoms with Crippen LogP contribution in [-0.2, 0) is 70.4 Å². The van der Waals surface area contributed by atoms with Gasteiger partial charge in [-0.1, -0.05) is 108 Å². The second-order valence-electron chi connectivity index (χ2n) is 25.3. The zero-order chi connectivity index (χ0) is 65.8. The van der Waals surface area contributed by atoms with Crippen molar-refractivity contribution in [2.24, 2.45) is 23.7 Å². The van der Waals surface area contributed by atoms with Gasteiger partial charge in [-0.2, -0.15) is 0 Å². The average molecular weight is 1240 g/mol. The Kier molecular flexibility index (Phi) is 28.1. The van der Waals surface area contributed by atoms with E-state index in [0.717, 1.165) is 6.42 Å². The lowest BCUT2D eigenvalue weighted by Gasteiger charge is -2.36. The second kappa shape index (κ2) is 34.6. The van der Waals surface area contributed by atoms with Gasteiger partial charge < -0.3 is 50.9 Å². The summed E-state index contributed by atoms with van der Waals surface area (Å²) < 4.78 is 0. The highest BCUT2D eigenvalue weighted by molar-refractivity contribution is 6.00. The molecule has 2 aromatic carbocycles. The number of aliphatic hydroxyl groups is 1. The lowest BCUT2D eigenvalue weighted by molar-refractivity contribution is -0.150. The fraction of sp³-hybridized carbons (Fsp3) is 0.642. The molecular formula is C67H99N9O13. The molecule has 3 aliphatic rings. The molecule has 0 aliphatic carbocycles. The van der Waals surface area contributed by atoms with Gasteiger partial charge in [-0.15, -0.1) is 0 Å². The van der Waals surface area contributed by atoms with E-state index < -0.39 is 150 Å². The van der Waals surface area contributed by atoms with E-state index in [1.807, 2.05) is 34.6 Å². The number of ketones is 3. The molecule has 0 spiro atoms. The second-order valence-corrected chi connectivity index (χ2v) is 25.3. The number of nitrogens with zero attached hydrogens (tertiary/aromatic N) is 5. The quantitative estimate of drug-likeness (QED) is 0.200. The Bertz CT molecular complexity index is 2790. The topological polar surface area (TPSA) is 289 Å². The summed E-state index contributed by atoms with van der Waals surface area (Å²) in [6, 6.07) is 7.81. The number of carbonyl (C=O) groups excluding carboxylic acids is 12. The van der Waals surface area contributed by atoms with Crippen molar-refractivity contribution in [1.29, 1.82) is 0 Å². The average Bonchev–Trinajstić information content (AvgIpc) is 2.67. The van der Waals surface area contributed by atoms with Gasteiger partial charge in [0.25, 0.3) is 0 Å². The lowest BCUT2D eigenvalue weighted by Crippen LogP contribution is -2.59. The van der Waals surface area contributed by atoms with Crippen molar-refractivity contribution in [2.45, 2.75) is 213 Å². The summed E-state index contributed by atoms with van der Waals surface area (Å²) >= 11 is 0. The molecular weight excluding hydrogens is 1140 g/mol. The Hall–Kier alpha value is -7.36. The summed E-state index contributed by atoms with van der Waals surface area (Å²) in [5, 5.41) is 22.3. The molecule has 2 aromatic rings. The number of likely N-dealkylation sites (N-methyl/N-ethyl adjacent to an activating group) is 3. The van der Waals surface area contributed by atoms with Crippen LogP contribution in [0.1, 0.15) is 156 Å². The number of aliphatic hydroxyl groups excluding tert-OH is 1. The molecule has 22 heteroatoms. The molecule has 490 valence electrons. The van der Waals surface area contributed by atoms with E-state index in [9.17, 15) is 62.6 Å². The maximum Gasteiger partial charge on any atom is 0.245 e. The SMILES string of the molecule is CCC[C@@H]1NC(=O)[C@H](Cc2ccccc2)CC(=O)[C@H]([C@@H](C)O)NC(=O)[C@H](Cc2ccccc2)N(C)C(=O)[C@H](C)N(C)C(=O)[C@H](C(C)CC)CC(=O)[C@H](CC(C)C)N(C)C(=O)CCC(=O)[C@H](C)NC(=O)C[C@@H](C(=O)N2CCCCC2)NC(=O)[C@@H]2CCCN2C1=O. The van der Waals surface area contributed by atoms with Crippen LogP contribution < -0.4 is 21.3 Å². The van der Waals surface area contributed by atoms with Crippen molar-refractivity contribution >= 4 is 70.5 Å². The number of hydrogen-bond acceptors (Lipinski definition) is 13. The Morgan fingerprint density at radius 2 is 1.22 bits per heavy atom. The number of rotatable bonds is 12. The van der Waals surface area contributed by atoms with Gasteiger partial charge in [0.2, 0.25) is 53.2 Å². The number of piperidine rings is 1. The van der Waals surface area contributed by atoms with Crippen molar-refractivity contribution in [3.63, 3.8) is 0 Å². The van der Waals surface area contributed by atoms with Crippen molar-refractivity contribution in [3.8, 4) is 0 Å². The van der Waals surface area contributed by atoms with E-state index in [1.54, 1.807) is 65.6 Å². The highest BCUT2D eigenvalue weighted by Crippen LogP contribution is 2.28. The highest BCUT2D eigenvalue weighted by Gasteiger charge is 2.43. The molecule has 3 saturated heterocycles. The number of fused-ring (bicyclic) bond motifs is 1. The van der Waals surface area contributed by atoms with Gasteiger partial charge >= 0.3 is 0 Å². The van der Waals surface area contributed by atoms with Crippen LogP contribution in [-0.4, -0.2) is 195 Å². The first kappa shape index (κ1) is 72.4. The highest BCUT2D eigenvalue weighted by atomic mass is 16.3. The van der Waals surface area contributed by atoms with Crippen LogP contribution in [0.4, 0.5) is 0 Å². The summed E-state index contributed by atoms with van der Waals surface area (Å²) in [7, 11) is 4.32. The minimum absolute atomic E-state index is 0.00686. The molecule has 22 nitrogen and oxygen atoms in total. The van der Waals surface area contributed by atoms with Crippen molar-refractivity contribution in [2.75, 3.05) is 40.8 Å². The molecule has 89 heavy (non-hydrogen) atoms. The van der Waals surface area contributed by atoms with Crippen LogP contribution in [0.25, 0.3) is 0 Å². The van der Waals surface area contributed by atoms with Crippen molar-refractivity contribution < 1.29 is 62.6 Å². The van der Waals surface area contributed by atoms with E-state index in [2.05, 4.69) is 21.3 Å². The van der Waals surface area contributed by atoms with Crippen LogP contribution in [0.15, 0.2) is 60.7 Å². The predicted molar refractivity (Wildman–Crippen MR) is 335 cm³/mol. The molecule has 3 heterocycles. The smallest absolute Gasteiger partial charge is 0.245 e. The third-order valence-electron chi connectivity index (χ3n) is 18.1. The van der Waals surface area contributed by atoms with Crippen LogP contribution in [0.2, 0.25) is 0 Å². The number of nitrogens with one attached hydrogen (secondary N) is 4. The first-order chi connectivity index (χ1) is 42.2. The Balaban J connectivity index is 1.56. The third kappa shape index (κ3) is 20.3. The van der Waals surface area contributed by atoms with Crippen LogP contribution in [0.5, 0.6) is 0 Å². The summed E-state index contributed by atoms with van der Waals surface area (Å²) in [6.07, 6.45) is 0.640. The molecule has 5 N–H and O–H groups in total. The van der Waals surface area contributed by atoms with E-state index in [-0.39, 0.29) is 69.7 Å². The first-order valence-corrected chi connectivity index (χ1v) is 32.1. The molecule has 3 aliphatic heterocycles. The maximum atomic E-state index is 14.8. The number of carbonyl (C=O) groups is 12. The number of Topliss-reactive ketones (excluding diaryl/α,β-unsaturated/α-hetero) is 3. The fourth-order valence-corrected chi connectivity index (χ4v) is 12.2. The summed E-state index contributed by atoms with van der Waals surface area (Å²) in [5.74, 6) is -9.88. The molecule has 0 aromatic heterocycles. The number of amides is 9. The predicted octanol–water partition coefficient (Wildman–Crippen LogP) is 4.11. The van der Waals surface area contributed by atoms with Gasteiger partial charge in [0.05, 0.1) is 24.6 Å². The fourth-order valence-electron chi connectivity index (χ4n) is 12.2. The number of hydrogen-bond donors (Lipinski definition) is 5. The van der Waals surface area contributed by atoms with Crippen molar-refractivity contribution in [1.82, 2.24) is 45.8 Å². The molecule has 0 radical (unpaired) electrons. The van der Waals surface area contributed by atoms with Crippen molar-refractivity contribution in [3.05, 3.63) is 71.8 Å². The molecule has 0 bridgehead atoms. The normalized spacial score (nSPS) is 27.3. The minimum atomic E-state index is -1.60. The lowest BCUT2D eigenvalue weighted by atomic mass is 9.83. The Morgan fingerprint density at radius 3 is 1.81 bits per heavy atom. The van der Waals surface area contributed by atoms with Crippen LogP contribution in [0, 0.1) is 23.7 Å². The molecule has 3 fully saturated rings. The zero-order valence-corrected chi connectivity index (χ0v) is 54.3. The van der Waals surface area contributed by atoms with Gasteiger partial charge in [0.1, 0.15) is 36.3 Å². The number of likely N-dealkylation sites (tertiary alicyclic amines) is 1. The monoisotopic (exact) mass is 1240 g/mol. The summed E-state index contributed by atoms with van der Waals surface area (Å²) in [5.41, 5.74) is 1.32. The largest absolute Gasteiger partial charge is 0.391 e. The third-order valence-corrected chi connectivity index (χ3v) is 18.1. The molecule has 9 amide bonds. The Morgan fingerprint density at radius 1 is 0.607 bits per heavy atom. The first-order valence-electron chi connectivity index (χ1n) is 32.1. The maximum absolute atomic E-state index is 14.8. The summed E-state index contributed by atoms with van der Waals surface area (Å²) in [6.45, 7) is 14.5. The number of benzene rings is 2. The zero-order valence-electron chi connectivity index (χ0n) is 54.3. The Labute approximate surface area is 525 Å². The molecule has 0 saturated carbocycles. The van der Waals surface area contributed by atoms with Crippen LogP contribution >= 0.6 is 0 Å². The van der Waals surface area contributed by atoms with Gasteiger partial charge in [-0.25, -0.2) is 0 Å². The van der Waals surface area contributed by atoms with Gasteiger partial charge in [0.15, 0.2) is 17.3 Å². The van der Waals surface area contributed by atoms with Gasteiger partial charge in [0, 0.05) is 84.7 Å². The summed E-state index contributed by atoms with van der Waals surface area (Å²) in [4.78, 5) is 180. The van der Waals surface area contributed by atoms with Gasteiger partial charge in [-0.3, -0.25) is 57.5 Å². The van der Waals surface area contributed by atoms with E-state index in [4.69, 9.17) is 0 Å². The van der Waals surface area contributed by atoms with E-state index in [0.29, 0.717) is 56.3 Å². The van der Waals surface area contributed by atoms with Gasteiger partial charge in [-0.05, 0) is 95.1 Å².